The molecule has 1 aromatic carbocycles. The Morgan fingerprint density at radius 3 is 2.70 bits per heavy atom. The van der Waals surface area contributed by atoms with Crippen LogP contribution in [0.4, 0.5) is 0 Å². The maximum Gasteiger partial charge on any atom is 0.261 e. The number of aryl methyl sites for hydroxylation is 2. The van der Waals surface area contributed by atoms with E-state index >= 15 is 0 Å². The third kappa shape index (κ3) is 3.37. The minimum atomic E-state index is -0.355. The van der Waals surface area contributed by atoms with Crippen molar-refractivity contribution in [2.24, 2.45) is 0 Å². The van der Waals surface area contributed by atoms with Gasteiger partial charge >= 0.3 is 0 Å². The SMILES string of the molecule is Cc1cc(C)c(C(=O)N[C@H]2CC3(CCOCC3)Oc3ccccc32)c(=O)[nH]1. The molecule has 0 radical (unpaired) electrons. The summed E-state index contributed by atoms with van der Waals surface area (Å²) in [6.45, 7) is 4.90. The second kappa shape index (κ2) is 6.85. The van der Waals surface area contributed by atoms with Gasteiger partial charge in [-0.2, -0.15) is 0 Å². The van der Waals surface area contributed by atoms with Gasteiger partial charge in [-0.1, -0.05) is 18.2 Å². The number of fused-ring (bicyclic) bond motifs is 1. The second-order valence-electron chi connectivity index (χ2n) is 7.50. The lowest BCUT2D eigenvalue weighted by molar-refractivity contribution is -0.0639. The average molecular weight is 368 g/mol. The minimum absolute atomic E-state index is 0.172. The summed E-state index contributed by atoms with van der Waals surface area (Å²) in [5.41, 5.74) is 1.85. The number of carbonyl (C=O) groups excluding carboxylic acids is 1. The highest BCUT2D eigenvalue weighted by molar-refractivity contribution is 5.95. The first-order valence-electron chi connectivity index (χ1n) is 9.34. The predicted octanol–water partition coefficient (Wildman–Crippen LogP) is 2.79. The van der Waals surface area contributed by atoms with Crippen LogP contribution in [0.3, 0.4) is 0 Å². The molecule has 2 aliphatic rings. The lowest BCUT2D eigenvalue weighted by atomic mass is 9.82. The van der Waals surface area contributed by atoms with Gasteiger partial charge in [-0.05, 0) is 31.5 Å². The van der Waals surface area contributed by atoms with Crippen molar-refractivity contribution in [2.75, 3.05) is 13.2 Å². The van der Waals surface area contributed by atoms with E-state index in [9.17, 15) is 9.59 Å². The topological polar surface area (TPSA) is 80.4 Å². The van der Waals surface area contributed by atoms with Gasteiger partial charge in [0.2, 0.25) is 0 Å². The molecule has 1 aromatic heterocycles. The molecule has 6 heteroatoms. The third-order valence-corrected chi connectivity index (χ3v) is 5.50. The monoisotopic (exact) mass is 368 g/mol. The molecule has 0 unspecified atom stereocenters. The van der Waals surface area contributed by atoms with E-state index in [1.165, 1.54) is 0 Å². The van der Waals surface area contributed by atoms with Crippen molar-refractivity contribution >= 4 is 5.91 Å². The normalized spacial score (nSPS) is 20.6. The van der Waals surface area contributed by atoms with Crippen LogP contribution in [0.2, 0.25) is 0 Å². The molecular formula is C21H24N2O4. The summed E-state index contributed by atoms with van der Waals surface area (Å²) in [4.78, 5) is 28.0. The number of aromatic amines is 1. The van der Waals surface area contributed by atoms with Crippen molar-refractivity contribution in [2.45, 2.75) is 44.8 Å². The number of H-pyrrole nitrogens is 1. The van der Waals surface area contributed by atoms with E-state index in [4.69, 9.17) is 9.47 Å². The second-order valence-corrected chi connectivity index (χ2v) is 7.50. The Balaban J connectivity index is 1.66. The van der Waals surface area contributed by atoms with Crippen LogP contribution in [-0.2, 0) is 4.74 Å². The van der Waals surface area contributed by atoms with Gasteiger partial charge in [0, 0.05) is 30.5 Å². The molecule has 4 rings (SSSR count). The lowest BCUT2D eigenvalue weighted by Gasteiger charge is -2.44. The third-order valence-electron chi connectivity index (χ3n) is 5.50. The molecule has 0 bridgehead atoms. The highest BCUT2D eigenvalue weighted by Crippen LogP contribution is 2.43. The Morgan fingerprint density at radius 1 is 1.22 bits per heavy atom. The summed E-state index contributed by atoms with van der Waals surface area (Å²) < 4.78 is 11.8. The highest BCUT2D eigenvalue weighted by atomic mass is 16.5. The molecule has 2 aromatic rings. The van der Waals surface area contributed by atoms with Crippen molar-refractivity contribution in [3.05, 3.63) is 63.1 Å². The number of amides is 1. The van der Waals surface area contributed by atoms with Crippen LogP contribution in [0.1, 0.15) is 52.5 Å². The highest BCUT2D eigenvalue weighted by Gasteiger charge is 2.42. The van der Waals surface area contributed by atoms with Crippen molar-refractivity contribution in [3.8, 4) is 5.75 Å². The first-order chi connectivity index (χ1) is 13.0. The maximum atomic E-state index is 13.0. The Hall–Kier alpha value is -2.60. The predicted molar refractivity (Wildman–Crippen MR) is 101 cm³/mol. The molecule has 6 nitrogen and oxygen atoms in total. The van der Waals surface area contributed by atoms with E-state index in [0.29, 0.717) is 25.2 Å². The van der Waals surface area contributed by atoms with E-state index in [2.05, 4.69) is 10.3 Å². The van der Waals surface area contributed by atoms with E-state index in [1.54, 1.807) is 13.8 Å². The summed E-state index contributed by atoms with van der Waals surface area (Å²) in [6.07, 6.45) is 2.25. The van der Waals surface area contributed by atoms with Gasteiger partial charge in [0.1, 0.15) is 16.9 Å². The van der Waals surface area contributed by atoms with Crippen LogP contribution in [0, 0.1) is 13.8 Å². The zero-order chi connectivity index (χ0) is 19.0. The number of carbonyl (C=O) groups is 1. The molecule has 2 aliphatic heterocycles. The molecule has 0 saturated carbocycles. The molecule has 2 N–H and O–H groups in total. The summed E-state index contributed by atoms with van der Waals surface area (Å²) in [6, 6.07) is 9.39. The molecule has 1 fully saturated rings. The number of hydrogen-bond acceptors (Lipinski definition) is 4. The summed E-state index contributed by atoms with van der Waals surface area (Å²) >= 11 is 0. The first kappa shape index (κ1) is 17.8. The minimum Gasteiger partial charge on any atom is -0.487 e. The zero-order valence-corrected chi connectivity index (χ0v) is 15.6. The zero-order valence-electron chi connectivity index (χ0n) is 15.6. The maximum absolute atomic E-state index is 13.0. The van der Waals surface area contributed by atoms with Gasteiger partial charge in [-0.25, -0.2) is 0 Å². The number of rotatable bonds is 2. The summed E-state index contributed by atoms with van der Waals surface area (Å²) in [5.74, 6) is 0.447. The van der Waals surface area contributed by atoms with Crippen LogP contribution < -0.4 is 15.6 Å². The number of pyridine rings is 1. The molecule has 27 heavy (non-hydrogen) atoms. The Morgan fingerprint density at radius 2 is 1.96 bits per heavy atom. The Labute approximate surface area is 157 Å². The molecule has 1 amide bonds. The number of ether oxygens (including phenoxy) is 2. The fourth-order valence-corrected chi connectivity index (χ4v) is 4.16. The van der Waals surface area contributed by atoms with Crippen LogP contribution >= 0.6 is 0 Å². The summed E-state index contributed by atoms with van der Waals surface area (Å²) in [5, 5.41) is 3.08. The van der Waals surface area contributed by atoms with Crippen molar-refractivity contribution in [3.63, 3.8) is 0 Å². The smallest absolute Gasteiger partial charge is 0.261 e. The van der Waals surface area contributed by atoms with Crippen molar-refractivity contribution in [1.29, 1.82) is 0 Å². The fourth-order valence-electron chi connectivity index (χ4n) is 4.16. The van der Waals surface area contributed by atoms with Gasteiger partial charge < -0.3 is 19.8 Å². The van der Waals surface area contributed by atoms with E-state index < -0.39 is 0 Å². The fraction of sp³-hybridized carbons (Fsp3) is 0.429. The van der Waals surface area contributed by atoms with Gasteiger partial charge in [-0.3, -0.25) is 9.59 Å². The molecule has 3 heterocycles. The van der Waals surface area contributed by atoms with Crippen LogP contribution in [0.15, 0.2) is 35.1 Å². The quantitative estimate of drug-likeness (QED) is 0.854. The van der Waals surface area contributed by atoms with Crippen LogP contribution in [-0.4, -0.2) is 29.7 Å². The number of nitrogens with one attached hydrogen (secondary N) is 2. The standard InChI is InChI=1S/C21H24N2O4/c1-13-11-14(2)22-19(24)18(13)20(25)23-16-12-21(7-9-26-10-8-21)27-17-6-4-3-5-15(16)17/h3-6,11,16H,7-10,12H2,1-2H3,(H,22,24)(H,23,25)/t16-/m0/s1. The van der Waals surface area contributed by atoms with Gasteiger partial charge in [-0.15, -0.1) is 0 Å². The van der Waals surface area contributed by atoms with Gasteiger partial charge in [0.05, 0.1) is 19.3 Å². The van der Waals surface area contributed by atoms with Gasteiger partial charge in [0.25, 0.3) is 11.5 Å². The van der Waals surface area contributed by atoms with Crippen LogP contribution in [0.25, 0.3) is 0 Å². The average Bonchev–Trinajstić information content (AvgIpc) is 2.61. The van der Waals surface area contributed by atoms with Gasteiger partial charge in [0.15, 0.2) is 0 Å². The number of hydrogen-bond donors (Lipinski definition) is 2. The first-order valence-corrected chi connectivity index (χ1v) is 9.34. The molecule has 1 saturated heterocycles. The molecular weight excluding hydrogens is 344 g/mol. The molecule has 1 spiro atoms. The largest absolute Gasteiger partial charge is 0.487 e. The van der Waals surface area contributed by atoms with E-state index in [0.717, 1.165) is 29.8 Å². The summed E-state index contributed by atoms with van der Waals surface area (Å²) in [7, 11) is 0. The van der Waals surface area contributed by atoms with E-state index in [-0.39, 0.29) is 28.7 Å². The van der Waals surface area contributed by atoms with Crippen LogP contribution in [0.5, 0.6) is 5.75 Å². The molecule has 1 atom stereocenters. The van der Waals surface area contributed by atoms with Crippen molar-refractivity contribution in [1.82, 2.24) is 10.3 Å². The number of benzene rings is 1. The molecule has 142 valence electrons. The Bertz CT molecular complexity index is 928. The number of para-hydroxylation sites is 1. The van der Waals surface area contributed by atoms with Crippen molar-refractivity contribution < 1.29 is 14.3 Å². The van der Waals surface area contributed by atoms with E-state index in [1.807, 2.05) is 30.3 Å². The number of aromatic nitrogens is 1. The lowest BCUT2D eigenvalue weighted by Crippen LogP contribution is -2.49. The Kier molecular flexibility index (Phi) is 4.52. The molecule has 0 aliphatic carbocycles.